The number of likely N-dealkylation sites (N-methyl/N-ethyl adjacent to an activating group) is 1. The van der Waals surface area contributed by atoms with Crippen molar-refractivity contribution in [3.8, 4) is 0 Å². The Hall–Kier alpha value is -0.610. The fraction of sp³-hybridized carbons (Fsp3) is 0.929. The molecular weight excluding hydrogens is 228 g/mol. The van der Waals surface area contributed by atoms with E-state index in [4.69, 9.17) is 4.74 Å². The van der Waals surface area contributed by atoms with E-state index >= 15 is 0 Å². The van der Waals surface area contributed by atoms with Gasteiger partial charge in [0.2, 0.25) is 0 Å². The molecule has 0 fully saturated rings. The zero-order chi connectivity index (χ0) is 14.2. The molecule has 0 rings (SSSR count). The highest BCUT2D eigenvalue weighted by atomic mass is 16.6. The van der Waals surface area contributed by atoms with E-state index in [0.717, 1.165) is 19.6 Å². The molecule has 18 heavy (non-hydrogen) atoms. The van der Waals surface area contributed by atoms with Crippen LogP contribution in [-0.2, 0) is 9.53 Å². The van der Waals surface area contributed by atoms with Crippen LogP contribution in [0.15, 0.2) is 0 Å². The molecular formula is C14H30N2O2. The normalized spacial score (nSPS) is 13.7. The summed E-state index contributed by atoms with van der Waals surface area (Å²) in [6.07, 6.45) is 0.430. The summed E-state index contributed by atoms with van der Waals surface area (Å²) in [4.78, 5) is 13.9. The molecule has 0 spiro atoms. The van der Waals surface area contributed by atoms with Crippen molar-refractivity contribution in [2.75, 3.05) is 26.2 Å². The number of hydrogen-bond donors (Lipinski definition) is 1. The van der Waals surface area contributed by atoms with Gasteiger partial charge in [0.05, 0.1) is 6.42 Å². The molecule has 0 heterocycles. The van der Waals surface area contributed by atoms with Crippen LogP contribution in [0.3, 0.4) is 0 Å². The second kappa shape index (κ2) is 8.48. The molecule has 0 saturated heterocycles. The van der Waals surface area contributed by atoms with E-state index in [9.17, 15) is 4.79 Å². The third-order valence-electron chi connectivity index (χ3n) is 2.67. The van der Waals surface area contributed by atoms with E-state index in [2.05, 4.69) is 31.0 Å². The van der Waals surface area contributed by atoms with Crippen molar-refractivity contribution in [2.24, 2.45) is 0 Å². The van der Waals surface area contributed by atoms with E-state index in [0.29, 0.717) is 19.0 Å². The summed E-state index contributed by atoms with van der Waals surface area (Å²) in [6, 6.07) is 0.396. The zero-order valence-electron chi connectivity index (χ0n) is 12.9. The highest BCUT2D eigenvalue weighted by molar-refractivity contribution is 5.70. The van der Waals surface area contributed by atoms with Gasteiger partial charge in [0.1, 0.15) is 5.60 Å². The lowest BCUT2D eigenvalue weighted by atomic mass is 10.2. The monoisotopic (exact) mass is 258 g/mol. The van der Waals surface area contributed by atoms with Crippen LogP contribution in [0.2, 0.25) is 0 Å². The van der Waals surface area contributed by atoms with Crippen molar-refractivity contribution in [1.29, 1.82) is 0 Å². The molecule has 0 amide bonds. The van der Waals surface area contributed by atoms with Crippen LogP contribution in [0.4, 0.5) is 0 Å². The van der Waals surface area contributed by atoms with E-state index in [1.165, 1.54) is 0 Å². The molecule has 1 atom stereocenters. The minimum absolute atomic E-state index is 0.134. The molecule has 0 saturated carbocycles. The van der Waals surface area contributed by atoms with Gasteiger partial charge in [-0.05, 0) is 40.8 Å². The Kier molecular flexibility index (Phi) is 8.20. The molecule has 0 aliphatic carbocycles. The van der Waals surface area contributed by atoms with Crippen LogP contribution in [0, 0.1) is 0 Å². The van der Waals surface area contributed by atoms with Gasteiger partial charge in [0.25, 0.3) is 0 Å². The van der Waals surface area contributed by atoms with Crippen LogP contribution in [0.25, 0.3) is 0 Å². The molecule has 4 heteroatoms. The molecule has 0 aromatic heterocycles. The average molecular weight is 258 g/mol. The van der Waals surface area contributed by atoms with Crippen molar-refractivity contribution in [3.05, 3.63) is 0 Å². The summed E-state index contributed by atoms with van der Waals surface area (Å²) in [5.41, 5.74) is -0.385. The summed E-state index contributed by atoms with van der Waals surface area (Å²) < 4.78 is 5.25. The highest BCUT2D eigenvalue weighted by Gasteiger charge is 2.16. The maximum Gasteiger partial charge on any atom is 0.307 e. The number of nitrogens with one attached hydrogen (secondary N) is 1. The summed E-state index contributed by atoms with van der Waals surface area (Å²) >= 11 is 0. The molecule has 0 aliphatic heterocycles. The van der Waals surface area contributed by atoms with Crippen molar-refractivity contribution in [1.82, 2.24) is 10.2 Å². The molecule has 108 valence electrons. The summed E-state index contributed by atoms with van der Waals surface area (Å²) in [5.74, 6) is -0.134. The lowest BCUT2D eigenvalue weighted by Crippen LogP contribution is -2.40. The first-order valence-electron chi connectivity index (χ1n) is 6.96. The number of rotatable bonds is 8. The first kappa shape index (κ1) is 17.4. The Morgan fingerprint density at radius 1 is 1.28 bits per heavy atom. The SMILES string of the molecule is CCN(CC)CC(C)NCCC(=O)OC(C)(C)C. The van der Waals surface area contributed by atoms with E-state index in [1.807, 2.05) is 20.8 Å². The quantitative estimate of drug-likeness (QED) is 0.677. The number of hydrogen-bond acceptors (Lipinski definition) is 4. The summed E-state index contributed by atoms with van der Waals surface area (Å²) in [6.45, 7) is 16.0. The molecule has 0 bridgehead atoms. The Labute approximate surface area is 112 Å². The third kappa shape index (κ3) is 9.42. The molecule has 0 radical (unpaired) electrons. The fourth-order valence-electron chi connectivity index (χ4n) is 1.75. The zero-order valence-corrected chi connectivity index (χ0v) is 12.9. The van der Waals surface area contributed by atoms with Gasteiger partial charge in [-0.1, -0.05) is 13.8 Å². The van der Waals surface area contributed by atoms with Crippen molar-refractivity contribution in [3.63, 3.8) is 0 Å². The lowest BCUT2D eigenvalue weighted by Gasteiger charge is -2.24. The van der Waals surface area contributed by atoms with Gasteiger partial charge in [-0.15, -0.1) is 0 Å². The number of ether oxygens (including phenoxy) is 1. The van der Waals surface area contributed by atoms with Gasteiger partial charge in [-0.3, -0.25) is 4.79 Å². The van der Waals surface area contributed by atoms with Gasteiger partial charge >= 0.3 is 5.97 Å². The largest absolute Gasteiger partial charge is 0.460 e. The first-order valence-corrected chi connectivity index (χ1v) is 6.96. The third-order valence-corrected chi connectivity index (χ3v) is 2.67. The molecule has 0 aliphatic rings. The fourth-order valence-corrected chi connectivity index (χ4v) is 1.75. The second-order valence-electron chi connectivity index (χ2n) is 5.68. The number of nitrogens with zero attached hydrogens (tertiary/aromatic N) is 1. The van der Waals surface area contributed by atoms with Gasteiger partial charge in [-0.2, -0.15) is 0 Å². The molecule has 0 aromatic rings. The summed E-state index contributed by atoms with van der Waals surface area (Å²) in [7, 11) is 0. The van der Waals surface area contributed by atoms with Crippen LogP contribution in [0.1, 0.15) is 48.0 Å². The highest BCUT2D eigenvalue weighted by Crippen LogP contribution is 2.07. The Balaban J connectivity index is 3.74. The van der Waals surface area contributed by atoms with Crippen LogP contribution >= 0.6 is 0 Å². The van der Waals surface area contributed by atoms with Gasteiger partial charge in [-0.25, -0.2) is 0 Å². The molecule has 1 N–H and O–H groups in total. The van der Waals surface area contributed by atoms with Crippen molar-refractivity contribution in [2.45, 2.75) is 59.6 Å². The smallest absolute Gasteiger partial charge is 0.307 e. The maximum atomic E-state index is 11.5. The number of carbonyl (C=O) groups excluding carboxylic acids is 1. The van der Waals surface area contributed by atoms with Crippen LogP contribution in [0.5, 0.6) is 0 Å². The number of carbonyl (C=O) groups is 1. The molecule has 0 aromatic carbocycles. The lowest BCUT2D eigenvalue weighted by molar-refractivity contribution is -0.154. The first-order chi connectivity index (χ1) is 8.28. The van der Waals surface area contributed by atoms with E-state index in [-0.39, 0.29) is 11.6 Å². The second-order valence-corrected chi connectivity index (χ2v) is 5.68. The Morgan fingerprint density at radius 2 is 1.83 bits per heavy atom. The van der Waals surface area contributed by atoms with Crippen molar-refractivity contribution < 1.29 is 9.53 Å². The number of esters is 1. The van der Waals surface area contributed by atoms with E-state index in [1.54, 1.807) is 0 Å². The van der Waals surface area contributed by atoms with Crippen LogP contribution < -0.4 is 5.32 Å². The van der Waals surface area contributed by atoms with Crippen LogP contribution in [-0.4, -0.2) is 48.7 Å². The van der Waals surface area contributed by atoms with Gasteiger partial charge in [0.15, 0.2) is 0 Å². The standard InChI is InChI=1S/C14H30N2O2/c1-7-16(8-2)11-12(3)15-10-9-13(17)18-14(4,5)6/h12,15H,7-11H2,1-6H3. The minimum Gasteiger partial charge on any atom is -0.460 e. The molecule has 1 unspecified atom stereocenters. The van der Waals surface area contributed by atoms with E-state index < -0.39 is 0 Å². The van der Waals surface area contributed by atoms with Gasteiger partial charge in [0, 0.05) is 19.1 Å². The van der Waals surface area contributed by atoms with Crippen molar-refractivity contribution >= 4 is 5.97 Å². The molecule has 4 nitrogen and oxygen atoms in total. The maximum absolute atomic E-state index is 11.5. The Bertz CT molecular complexity index is 232. The minimum atomic E-state index is -0.385. The van der Waals surface area contributed by atoms with Gasteiger partial charge < -0.3 is 15.0 Å². The topological polar surface area (TPSA) is 41.6 Å². The Morgan fingerprint density at radius 3 is 2.28 bits per heavy atom. The average Bonchev–Trinajstić information content (AvgIpc) is 2.23. The summed E-state index contributed by atoms with van der Waals surface area (Å²) in [5, 5.41) is 3.36. The predicted octanol–water partition coefficient (Wildman–Crippen LogP) is 2.04. The predicted molar refractivity (Wildman–Crippen MR) is 75.7 cm³/mol.